The molecule has 0 unspecified atom stereocenters. The zero-order valence-electron chi connectivity index (χ0n) is 19.8. The van der Waals surface area contributed by atoms with E-state index in [2.05, 4.69) is 25.6 Å². The third-order valence-corrected chi connectivity index (χ3v) is 7.52. The Kier molecular flexibility index (Phi) is 6.86. The molecule has 0 spiro atoms. The SMILES string of the molecule is NC(=O)C1CCC(n2c(Nc3c(F)ccc(Cl)c3F)nc3cnc(NC4CCC(F)(F)CC4)nc32)CC1. The molecular formula is C24H26ClF4N7O. The van der Waals surface area contributed by atoms with E-state index >= 15 is 0 Å². The average Bonchev–Trinajstić information content (AvgIpc) is 3.23. The molecule has 2 saturated carbocycles. The second kappa shape index (κ2) is 9.96. The molecule has 198 valence electrons. The molecule has 0 atom stereocenters. The van der Waals surface area contributed by atoms with E-state index in [0.29, 0.717) is 36.8 Å². The van der Waals surface area contributed by atoms with Crippen LogP contribution in [0.25, 0.3) is 11.2 Å². The summed E-state index contributed by atoms with van der Waals surface area (Å²) in [5.41, 5.74) is 5.82. The van der Waals surface area contributed by atoms with Crippen LogP contribution in [0, 0.1) is 17.6 Å². The van der Waals surface area contributed by atoms with Gasteiger partial charge in [-0.05, 0) is 50.7 Å². The number of halogens is 5. The fourth-order valence-corrected chi connectivity index (χ4v) is 5.29. The van der Waals surface area contributed by atoms with Crippen molar-refractivity contribution < 1.29 is 22.4 Å². The number of primary amides is 1. The first-order valence-corrected chi connectivity index (χ1v) is 12.6. The lowest BCUT2D eigenvalue weighted by atomic mass is 9.85. The summed E-state index contributed by atoms with van der Waals surface area (Å²) in [4.78, 5) is 25.0. The van der Waals surface area contributed by atoms with Crippen molar-refractivity contribution >= 4 is 46.3 Å². The van der Waals surface area contributed by atoms with Crippen molar-refractivity contribution in [2.75, 3.05) is 10.6 Å². The number of nitrogens with zero attached hydrogens (tertiary/aromatic N) is 4. The van der Waals surface area contributed by atoms with Gasteiger partial charge < -0.3 is 16.4 Å². The predicted octanol–water partition coefficient (Wildman–Crippen LogP) is 5.71. The van der Waals surface area contributed by atoms with Crippen molar-refractivity contribution in [3.8, 4) is 0 Å². The number of anilines is 3. The number of amides is 1. The monoisotopic (exact) mass is 539 g/mol. The van der Waals surface area contributed by atoms with Crippen LogP contribution in [0.3, 0.4) is 0 Å². The summed E-state index contributed by atoms with van der Waals surface area (Å²) in [6, 6.07) is 1.78. The van der Waals surface area contributed by atoms with Crippen LogP contribution >= 0.6 is 11.6 Å². The number of nitrogens with one attached hydrogen (secondary N) is 2. The standard InChI is InChI=1S/C24H26ClF4N7O/c25-15-5-6-16(26)19(18(15)27)34-23-33-17-11-31-22(32-13-7-9-24(28,29)10-8-13)35-21(17)36(23)14-3-1-12(2-4-14)20(30)37/h5-6,11-14H,1-4,7-10H2,(H2,30,37)(H,33,34)(H,31,32,35). The molecule has 2 heterocycles. The highest BCUT2D eigenvalue weighted by Crippen LogP contribution is 2.38. The summed E-state index contributed by atoms with van der Waals surface area (Å²) in [7, 11) is 0. The Balaban J connectivity index is 1.50. The van der Waals surface area contributed by atoms with E-state index in [-0.39, 0.29) is 66.5 Å². The fraction of sp³-hybridized carbons (Fsp3) is 0.500. The van der Waals surface area contributed by atoms with Gasteiger partial charge in [0.25, 0.3) is 0 Å². The smallest absolute Gasteiger partial charge is 0.248 e. The van der Waals surface area contributed by atoms with Crippen LogP contribution in [0.15, 0.2) is 18.3 Å². The molecule has 0 radical (unpaired) electrons. The highest BCUT2D eigenvalue weighted by Gasteiger charge is 2.35. The van der Waals surface area contributed by atoms with E-state index < -0.39 is 23.2 Å². The highest BCUT2D eigenvalue weighted by atomic mass is 35.5. The topological polar surface area (TPSA) is 111 Å². The number of aromatic nitrogens is 4. The Bertz CT molecular complexity index is 1320. The lowest BCUT2D eigenvalue weighted by molar-refractivity contribution is -0.122. The molecule has 8 nitrogen and oxygen atoms in total. The van der Waals surface area contributed by atoms with Gasteiger partial charge in [-0.3, -0.25) is 9.36 Å². The van der Waals surface area contributed by atoms with Crippen LogP contribution in [-0.4, -0.2) is 37.4 Å². The number of rotatable bonds is 6. The summed E-state index contributed by atoms with van der Waals surface area (Å²) in [5.74, 6) is -4.68. The van der Waals surface area contributed by atoms with Gasteiger partial charge in [0.1, 0.15) is 17.0 Å². The van der Waals surface area contributed by atoms with Crippen molar-refractivity contribution in [2.45, 2.75) is 69.4 Å². The molecule has 2 aromatic heterocycles. The molecule has 13 heteroatoms. The molecule has 0 saturated heterocycles. The van der Waals surface area contributed by atoms with Gasteiger partial charge >= 0.3 is 0 Å². The number of hydrogen-bond donors (Lipinski definition) is 3. The van der Waals surface area contributed by atoms with E-state index in [0.717, 1.165) is 12.1 Å². The van der Waals surface area contributed by atoms with Gasteiger partial charge in [0.2, 0.25) is 23.7 Å². The third-order valence-electron chi connectivity index (χ3n) is 7.23. The first-order valence-electron chi connectivity index (χ1n) is 12.2. The largest absolute Gasteiger partial charge is 0.369 e. The predicted molar refractivity (Wildman–Crippen MR) is 131 cm³/mol. The quantitative estimate of drug-likeness (QED) is 0.273. The van der Waals surface area contributed by atoms with Crippen LogP contribution in [0.5, 0.6) is 0 Å². The summed E-state index contributed by atoms with van der Waals surface area (Å²) in [5, 5.41) is 5.61. The van der Waals surface area contributed by atoms with E-state index in [1.807, 2.05) is 0 Å². The third kappa shape index (κ3) is 5.29. The number of hydrogen-bond acceptors (Lipinski definition) is 6. The van der Waals surface area contributed by atoms with E-state index in [9.17, 15) is 22.4 Å². The Hall–Kier alpha value is -3.15. The maximum absolute atomic E-state index is 14.7. The van der Waals surface area contributed by atoms with Crippen molar-refractivity contribution in [3.63, 3.8) is 0 Å². The molecule has 2 fully saturated rings. The summed E-state index contributed by atoms with van der Waals surface area (Å²) in [6.45, 7) is 0. The van der Waals surface area contributed by atoms with Gasteiger partial charge in [0.15, 0.2) is 11.5 Å². The highest BCUT2D eigenvalue weighted by molar-refractivity contribution is 6.31. The Morgan fingerprint density at radius 1 is 1.08 bits per heavy atom. The lowest BCUT2D eigenvalue weighted by Crippen LogP contribution is -2.32. The summed E-state index contributed by atoms with van der Waals surface area (Å²) < 4.78 is 58.1. The molecule has 37 heavy (non-hydrogen) atoms. The molecule has 0 bridgehead atoms. The van der Waals surface area contributed by atoms with Gasteiger partial charge in [0, 0.05) is 30.8 Å². The summed E-state index contributed by atoms with van der Waals surface area (Å²) >= 11 is 5.87. The van der Waals surface area contributed by atoms with E-state index in [1.54, 1.807) is 4.57 Å². The number of nitrogens with two attached hydrogens (primary N) is 1. The second-order valence-corrected chi connectivity index (χ2v) is 10.1. The first-order chi connectivity index (χ1) is 17.6. The van der Waals surface area contributed by atoms with Crippen LogP contribution in [0.1, 0.15) is 57.4 Å². The lowest BCUT2D eigenvalue weighted by Gasteiger charge is -2.29. The van der Waals surface area contributed by atoms with Crippen molar-refractivity contribution in [1.29, 1.82) is 0 Å². The zero-order valence-corrected chi connectivity index (χ0v) is 20.5. The Morgan fingerprint density at radius 3 is 2.46 bits per heavy atom. The molecule has 1 aromatic carbocycles. The number of imidazole rings is 1. The van der Waals surface area contributed by atoms with Gasteiger partial charge in [-0.1, -0.05) is 11.6 Å². The first kappa shape index (κ1) is 25.5. The summed E-state index contributed by atoms with van der Waals surface area (Å²) in [6.07, 6.45) is 3.85. The molecular weight excluding hydrogens is 514 g/mol. The number of carbonyl (C=O) groups is 1. The van der Waals surface area contributed by atoms with Gasteiger partial charge in [0.05, 0.1) is 11.2 Å². The molecule has 1 amide bonds. The van der Waals surface area contributed by atoms with Crippen LogP contribution in [-0.2, 0) is 4.79 Å². The minimum Gasteiger partial charge on any atom is -0.369 e. The fourth-order valence-electron chi connectivity index (χ4n) is 5.13. The van der Waals surface area contributed by atoms with Gasteiger partial charge in [-0.15, -0.1) is 0 Å². The van der Waals surface area contributed by atoms with E-state index in [4.69, 9.17) is 17.3 Å². The average molecular weight is 540 g/mol. The van der Waals surface area contributed by atoms with Gasteiger partial charge in [-0.2, -0.15) is 4.98 Å². The zero-order chi connectivity index (χ0) is 26.3. The number of alkyl halides is 2. The molecule has 2 aliphatic rings. The minimum absolute atomic E-state index is 0.140. The normalized spacial score (nSPS) is 22.2. The molecule has 3 aromatic rings. The van der Waals surface area contributed by atoms with Crippen molar-refractivity contribution in [3.05, 3.63) is 35.0 Å². The second-order valence-electron chi connectivity index (χ2n) is 9.73. The molecule has 4 N–H and O–H groups in total. The minimum atomic E-state index is -2.66. The number of carbonyl (C=O) groups excluding carboxylic acids is 1. The van der Waals surface area contributed by atoms with Crippen LogP contribution in [0.2, 0.25) is 5.02 Å². The van der Waals surface area contributed by atoms with Gasteiger partial charge in [-0.25, -0.2) is 27.5 Å². The van der Waals surface area contributed by atoms with Crippen LogP contribution in [0.4, 0.5) is 35.1 Å². The molecule has 0 aliphatic heterocycles. The molecule has 5 rings (SSSR count). The van der Waals surface area contributed by atoms with Crippen molar-refractivity contribution in [1.82, 2.24) is 19.5 Å². The van der Waals surface area contributed by atoms with Crippen LogP contribution < -0.4 is 16.4 Å². The Labute approximate surface area is 215 Å². The maximum Gasteiger partial charge on any atom is 0.248 e. The number of fused-ring (bicyclic) bond motifs is 1. The van der Waals surface area contributed by atoms with Crippen molar-refractivity contribution in [2.24, 2.45) is 11.7 Å². The van der Waals surface area contributed by atoms with E-state index in [1.165, 1.54) is 6.20 Å². The maximum atomic E-state index is 14.7. The Morgan fingerprint density at radius 2 is 1.78 bits per heavy atom. The molecule has 2 aliphatic carbocycles. The number of benzene rings is 1.